The van der Waals surface area contributed by atoms with E-state index in [0.29, 0.717) is 48.8 Å². The highest BCUT2D eigenvalue weighted by atomic mass is 16.5. The van der Waals surface area contributed by atoms with Crippen LogP contribution in [0.3, 0.4) is 0 Å². The average Bonchev–Trinajstić information content (AvgIpc) is 2.73. The van der Waals surface area contributed by atoms with E-state index in [9.17, 15) is 9.59 Å². The summed E-state index contributed by atoms with van der Waals surface area (Å²) in [6.07, 6.45) is 0. The largest absolute Gasteiger partial charge is 0.497 e. The molecule has 1 saturated heterocycles. The zero-order chi connectivity index (χ0) is 19.4. The number of benzene rings is 2. The first kappa shape index (κ1) is 18.8. The van der Waals surface area contributed by atoms with Crippen molar-refractivity contribution >= 4 is 11.8 Å². The molecule has 2 aromatic carbocycles. The summed E-state index contributed by atoms with van der Waals surface area (Å²) in [5.74, 6) is 1.00. The van der Waals surface area contributed by atoms with Crippen LogP contribution in [0, 0.1) is 6.92 Å². The number of piperazine rings is 1. The third kappa shape index (κ3) is 4.05. The summed E-state index contributed by atoms with van der Waals surface area (Å²) < 4.78 is 10.5. The molecule has 1 heterocycles. The molecule has 2 amide bonds. The van der Waals surface area contributed by atoms with Crippen LogP contribution < -0.4 is 9.47 Å². The van der Waals surface area contributed by atoms with Crippen molar-refractivity contribution in [2.45, 2.75) is 6.92 Å². The highest BCUT2D eigenvalue weighted by Crippen LogP contribution is 2.25. The molecule has 2 aromatic rings. The van der Waals surface area contributed by atoms with E-state index >= 15 is 0 Å². The van der Waals surface area contributed by atoms with Crippen LogP contribution in [0.2, 0.25) is 0 Å². The van der Waals surface area contributed by atoms with Crippen molar-refractivity contribution in [1.82, 2.24) is 9.80 Å². The van der Waals surface area contributed by atoms with Crippen molar-refractivity contribution in [3.05, 3.63) is 59.2 Å². The highest BCUT2D eigenvalue weighted by molar-refractivity contribution is 5.98. The Kier molecular flexibility index (Phi) is 5.64. The fourth-order valence-electron chi connectivity index (χ4n) is 3.14. The lowest BCUT2D eigenvalue weighted by molar-refractivity contribution is 0.0533. The van der Waals surface area contributed by atoms with E-state index in [-0.39, 0.29) is 11.8 Å². The summed E-state index contributed by atoms with van der Waals surface area (Å²) in [5, 5.41) is 0. The van der Waals surface area contributed by atoms with Gasteiger partial charge in [-0.25, -0.2) is 0 Å². The monoisotopic (exact) mass is 368 g/mol. The van der Waals surface area contributed by atoms with Gasteiger partial charge in [0.15, 0.2) is 0 Å². The summed E-state index contributed by atoms with van der Waals surface area (Å²) in [6.45, 7) is 3.97. The Morgan fingerprint density at radius 2 is 1.41 bits per heavy atom. The third-order valence-corrected chi connectivity index (χ3v) is 4.79. The summed E-state index contributed by atoms with van der Waals surface area (Å²) >= 11 is 0. The number of hydrogen-bond donors (Lipinski definition) is 0. The normalized spacial score (nSPS) is 14.0. The molecule has 0 radical (unpaired) electrons. The molecule has 6 heteroatoms. The van der Waals surface area contributed by atoms with Crippen LogP contribution in [0.15, 0.2) is 42.5 Å². The van der Waals surface area contributed by atoms with Crippen LogP contribution in [0.5, 0.6) is 11.5 Å². The van der Waals surface area contributed by atoms with Crippen molar-refractivity contribution in [3.63, 3.8) is 0 Å². The number of nitrogens with zero attached hydrogens (tertiary/aromatic N) is 2. The van der Waals surface area contributed by atoms with Crippen LogP contribution in [0.1, 0.15) is 26.3 Å². The van der Waals surface area contributed by atoms with Gasteiger partial charge in [-0.1, -0.05) is 17.7 Å². The van der Waals surface area contributed by atoms with E-state index in [2.05, 4.69) is 0 Å². The van der Waals surface area contributed by atoms with Crippen LogP contribution in [0.4, 0.5) is 0 Å². The SMILES string of the molecule is COc1ccc(OC)c(C(=O)N2CCN(C(=O)c3ccc(C)cc3)CC2)c1. The van der Waals surface area contributed by atoms with E-state index in [1.807, 2.05) is 31.2 Å². The predicted octanol–water partition coefficient (Wildman–Crippen LogP) is 2.61. The van der Waals surface area contributed by atoms with Crippen molar-refractivity contribution < 1.29 is 19.1 Å². The van der Waals surface area contributed by atoms with Gasteiger partial charge >= 0.3 is 0 Å². The lowest BCUT2D eigenvalue weighted by Gasteiger charge is -2.35. The Morgan fingerprint density at radius 3 is 1.96 bits per heavy atom. The van der Waals surface area contributed by atoms with Crippen molar-refractivity contribution in [2.75, 3.05) is 40.4 Å². The maximum absolute atomic E-state index is 12.9. The molecule has 0 aliphatic carbocycles. The van der Waals surface area contributed by atoms with Crippen LogP contribution in [-0.4, -0.2) is 62.0 Å². The molecule has 27 heavy (non-hydrogen) atoms. The first-order valence-corrected chi connectivity index (χ1v) is 8.90. The van der Waals surface area contributed by atoms with Gasteiger partial charge in [0.25, 0.3) is 11.8 Å². The average molecular weight is 368 g/mol. The number of ether oxygens (including phenoxy) is 2. The van der Waals surface area contributed by atoms with Crippen molar-refractivity contribution in [2.24, 2.45) is 0 Å². The molecule has 1 fully saturated rings. The summed E-state index contributed by atoms with van der Waals surface area (Å²) in [4.78, 5) is 29.1. The Morgan fingerprint density at radius 1 is 0.815 bits per heavy atom. The van der Waals surface area contributed by atoms with Crippen molar-refractivity contribution in [1.29, 1.82) is 0 Å². The lowest BCUT2D eigenvalue weighted by atomic mass is 10.1. The quantitative estimate of drug-likeness (QED) is 0.832. The zero-order valence-electron chi connectivity index (χ0n) is 15.9. The van der Waals surface area contributed by atoms with Crippen LogP contribution in [0.25, 0.3) is 0 Å². The van der Waals surface area contributed by atoms with E-state index in [1.165, 1.54) is 7.11 Å². The molecule has 0 bridgehead atoms. The second-order valence-corrected chi connectivity index (χ2v) is 6.52. The van der Waals surface area contributed by atoms with Crippen LogP contribution >= 0.6 is 0 Å². The lowest BCUT2D eigenvalue weighted by Crippen LogP contribution is -2.50. The molecular weight excluding hydrogens is 344 g/mol. The number of carbonyl (C=O) groups is 2. The molecule has 0 aromatic heterocycles. The number of methoxy groups -OCH3 is 2. The van der Waals surface area contributed by atoms with Gasteiger partial charge in [0.05, 0.1) is 19.8 Å². The number of aryl methyl sites for hydroxylation is 1. The van der Waals surface area contributed by atoms with Gasteiger partial charge in [0.2, 0.25) is 0 Å². The van der Waals surface area contributed by atoms with Crippen LogP contribution in [-0.2, 0) is 0 Å². The van der Waals surface area contributed by atoms with E-state index in [1.54, 1.807) is 35.1 Å². The minimum absolute atomic E-state index is 0.000981. The summed E-state index contributed by atoms with van der Waals surface area (Å²) in [6, 6.07) is 12.7. The van der Waals surface area contributed by atoms with E-state index in [4.69, 9.17) is 9.47 Å². The molecule has 1 aliphatic heterocycles. The second kappa shape index (κ2) is 8.12. The Hall–Kier alpha value is -3.02. The molecule has 6 nitrogen and oxygen atoms in total. The molecule has 1 aliphatic rings. The third-order valence-electron chi connectivity index (χ3n) is 4.79. The minimum Gasteiger partial charge on any atom is -0.497 e. The van der Waals surface area contributed by atoms with E-state index < -0.39 is 0 Å². The summed E-state index contributed by atoms with van der Waals surface area (Å²) in [7, 11) is 3.10. The molecule has 0 saturated carbocycles. The zero-order valence-corrected chi connectivity index (χ0v) is 15.9. The van der Waals surface area contributed by atoms with E-state index in [0.717, 1.165) is 5.56 Å². The Balaban J connectivity index is 1.67. The van der Waals surface area contributed by atoms with Crippen molar-refractivity contribution in [3.8, 4) is 11.5 Å². The van der Waals surface area contributed by atoms with Gasteiger partial charge in [0, 0.05) is 31.7 Å². The van der Waals surface area contributed by atoms with Gasteiger partial charge in [-0.15, -0.1) is 0 Å². The number of rotatable bonds is 4. The highest BCUT2D eigenvalue weighted by Gasteiger charge is 2.27. The van der Waals surface area contributed by atoms with Gasteiger partial charge in [-0.2, -0.15) is 0 Å². The number of hydrogen-bond acceptors (Lipinski definition) is 4. The summed E-state index contributed by atoms with van der Waals surface area (Å²) in [5.41, 5.74) is 2.26. The topological polar surface area (TPSA) is 59.1 Å². The molecule has 142 valence electrons. The molecule has 0 atom stereocenters. The molecule has 0 spiro atoms. The van der Waals surface area contributed by atoms with Gasteiger partial charge in [0.1, 0.15) is 11.5 Å². The van der Waals surface area contributed by atoms with Gasteiger partial charge in [-0.3, -0.25) is 9.59 Å². The standard InChI is InChI=1S/C21H24N2O4/c1-15-4-6-16(7-5-15)20(24)22-10-12-23(13-11-22)21(25)18-14-17(26-2)8-9-19(18)27-3/h4-9,14H,10-13H2,1-3H3. The Bertz CT molecular complexity index is 825. The predicted molar refractivity (Wildman–Crippen MR) is 103 cm³/mol. The number of amides is 2. The molecular formula is C21H24N2O4. The first-order chi connectivity index (χ1) is 13.0. The molecule has 0 unspecified atom stereocenters. The fourth-order valence-corrected chi connectivity index (χ4v) is 3.14. The maximum atomic E-state index is 12.9. The molecule has 0 N–H and O–H groups in total. The van der Waals surface area contributed by atoms with Gasteiger partial charge in [-0.05, 0) is 37.3 Å². The first-order valence-electron chi connectivity index (χ1n) is 8.90. The Labute approximate surface area is 159 Å². The smallest absolute Gasteiger partial charge is 0.257 e. The minimum atomic E-state index is -0.117. The second-order valence-electron chi connectivity index (χ2n) is 6.52. The molecule has 3 rings (SSSR count). The van der Waals surface area contributed by atoms with Gasteiger partial charge < -0.3 is 19.3 Å². The fraction of sp³-hybridized carbons (Fsp3) is 0.333. The maximum Gasteiger partial charge on any atom is 0.257 e. The number of carbonyl (C=O) groups excluding carboxylic acids is 2.